The Morgan fingerprint density at radius 2 is 1.42 bits per heavy atom. The highest BCUT2D eigenvalue weighted by Crippen LogP contribution is 2.24. The van der Waals surface area contributed by atoms with Crippen molar-refractivity contribution in [3.63, 3.8) is 0 Å². The molecule has 0 aromatic rings. The van der Waals surface area contributed by atoms with Crippen molar-refractivity contribution in [1.29, 1.82) is 0 Å². The normalized spacial score (nSPS) is 15.1. The second kappa shape index (κ2) is 8.53. The predicted molar refractivity (Wildman–Crippen MR) is 74.8 cm³/mol. The third-order valence-corrected chi connectivity index (χ3v) is 5.05. The van der Waals surface area contributed by atoms with Gasteiger partial charge in [0.15, 0.2) is 4.75 Å². The van der Waals surface area contributed by atoms with Gasteiger partial charge in [0.05, 0.1) is 0 Å². The highest BCUT2D eigenvalue weighted by atomic mass is 32.2. The Bertz CT molecular complexity index is 363. The molecule has 0 aliphatic carbocycles. The van der Waals surface area contributed by atoms with Gasteiger partial charge in [-0.1, -0.05) is 58.3 Å². The van der Waals surface area contributed by atoms with Crippen LogP contribution in [0.1, 0.15) is 71.6 Å². The zero-order chi connectivity index (χ0) is 14.9. The number of carboxylic acid groups (broad SMARTS) is 1. The molecule has 0 radical (unpaired) electrons. The smallest absolute Gasteiger partial charge is 0.327 e. The molecule has 1 atom stereocenters. The molecule has 114 valence electrons. The van der Waals surface area contributed by atoms with E-state index >= 15 is 0 Å². The average Bonchev–Trinajstić information content (AvgIpc) is 2.30. The maximum atomic E-state index is 11.1. The van der Waals surface area contributed by atoms with Gasteiger partial charge in [-0.25, -0.2) is 0 Å². The van der Waals surface area contributed by atoms with Gasteiger partial charge in [-0.2, -0.15) is 8.42 Å². The molecule has 0 rings (SSSR count). The largest absolute Gasteiger partial charge is 0.480 e. The lowest BCUT2D eigenvalue weighted by atomic mass is 10.0. The summed E-state index contributed by atoms with van der Waals surface area (Å²) in [5.74, 6) is -1.49. The Labute approximate surface area is 116 Å². The monoisotopic (exact) mass is 294 g/mol. The molecule has 0 saturated heterocycles. The van der Waals surface area contributed by atoms with Gasteiger partial charge in [-0.15, -0.1) is 0 Å². The molecule has 0 aromatic carbocycles. The molecule has 6 heteroatoms. The van der Waals surface area contributed by atoms with Crippen LogP contribution in [0, 0.1) is 0 Å². The van der Waals surface area contributed by atoms with Gasteiger partial charge < -0.3 is 5.11 Å². The molecule has 19 heavy (non-hydrogen) atoms. The molecule has 0 bridgehead atoms. The van der Waals surface area contributed by atoms with Crippen LogP contribution < -0.4 is 0 Å². The first-order chi connectivity index (χ1) is 8.75. The summed E-state index contributed by atoms with van der Waals surface area (Å²) < 4.78 is 29.1. The van der Waals surface area contributed by atoms with Gasteiger partial charge in [0.2, 0.25) is 0 Å². The summed E-state index contributed by atoms with van der Waals surface area (Å²) in [6.07, 6.45) is 8.14. The molecule has 0 spiro atoms. The highest BCUT2D eigenvalue weighted by molar-refractivity contribution is 7.88. The summed E-state index contributed by atoms with van der Waals surface area (Å²) in [4.78, 5) is 11.0. The standard InChI is InChI=1S/C13H26O5S/c1-3-4-5-6-7-8-9-10-11-13(2,12(14)15)19(16,17)18/h3-11H2,1-2H3,(H,14,15)(H,16,17,18). The van der Waals surface area contributed by atoms with E-state index in [2.05, 4.69) is 6.92 Å². The maximum absolute atomic E-state index is 11.1. The second-order valence-electron chi connectivity index (χ2n) is 5.24. The fourth-order valence-electron chi connectivity index (χ4n) is 1.94. The first-order valence-corrected chi connectivity index (χ1v) is 8.40. The predicted octanol–water partition coefficient (Wildman–Crippen LogP) is 3.25. The van der Waals surface area contributed by atoms with Crippen molar-refractivity contribution in [1.82, 2.24) is 0 Å². The van der Waals surface area contributed by atoms with E-state index in [9.17, 15) is 13.2 Å². The fraction of sp³-hybridized carbons (Fsp3) is 0.923. The van der Waals surface area contributed by atoms with Crippen molar-refractivity contribution >= 4 is 16.1 Å². The fourth-order valence-corrected chi connectivity index (χ4v) is 2.57. The zero-order valence-corrected chi connectivity index (χ0v) is 12.7. The molecular weight excluding hydrogens is 268 g/mol. The van der Waals surface area contributed by atoms with Gasteiger partial charge in [0.1, 0.15) is 0 Å². The van der Waals surface area contributed by atoms with Crippen LogP contribution >= 0.6 is 0 Å². The summed E-state index contributed by atoms with van der Waals surface area (Å²) >= 11 is 0. The van der Waals surface area contributed by atoms with Crippen molar-refractivity contribution in [2.75, 3.05) is 0 Å². The van der Waals surface area contributed by atoms with Gasteiger partial charge >= 0.3 is 5.97 Å². The maximum Gasteiger partial charge on any atom is 0.327 e. The Hall–Kier alpha value is -0.620. The van der Waals surface area contributed by atoms with Crippen LogP contribution in [-0.4, -0.2) is 28.8 Å². The lowest BCUT2D eigenvalue weighted by Crippen LogP contribution is -2.43. The van der Waals surface area contributed by atoms with Crippen molar-refractivity contribution in [2.45, 2.75) is 76.4 Å². The number of carbonyl (C=O) groups is 1. The SMILES string of the molecule is CCCCCCCCCCC(C)(C(=O)O)S(=O)(=O)O. The summed E-state index contributed by atoms with van der Waals surface area (Å²) in [6, 6.07) is 0. The van der Waals surface area contributed by atoms with Gasteiger partial charge in [0.25, 0.3) is 10.1 Å². The molecule has 0 fully saturated rings. The van der Waals surface area contributed by atoms with E-state index in [1.807, 2.05) is 0 Å². The van der Waals surface area contributed by atoms with E-state index < -0.39 is 20.8 Å². The van der Waals surface area contributed by atoms with Crippen LogP contribution in [0.4, 0.5) is 0 Å². The van der Waals surface area contributed by atoms with Crippen LogP contribution in [0.3, 0.4) is 0 Å². The molecular formula is C13H26O5S. The second-order valence-corrected chi connectivity index (χ2v) is 7.09. The summed E-state index contributed by atoms with van der Waals surface area (Å²) in [6.45, 7) is 3.22. The van der Waals surface area contributed by atoms with Crippen molar-refractivity contribution < 1.29 is 22.9 Å². The number of hydrogen-bond acceptors (Lipinski definition) is 3. The van der Waals surface area contributed by atoms with E-state index in [0.29, 0.717) is 6.42 Å². The van der Waals surface area contributed by atoms with Gasteiger partial charge in [-0.05, 0) is 13.3 Å². The molecule has 0 aliphatic heterocycles. The quantitative estimate of drug-likeness (QED) is 0.451. The zero-order valence-electron chi connectivity index (χ0n) is 11.9. The van der Waals surface area contributed by atoms with Crippen molar-refractivity contribution in [3.8, 4) is 0 Å². The Balaban J connectivity index is 3.95. The molecule has 2 N–H and O–H groups in total. The first kappa shape index (κ1) is 18.4. The molecule has 0 aromatic heterocycles. The van der Waals surface area contributed by atoms with E-state index in [1.54, 1.807) is 0 Å². The molecule has 1 unspecified atom stereocenters. The molecule has 5 nitrogen and oxygen atoms in total. The Morgan fingerprint density at radius 3 is 1.79 bits per heavy atom. The van der Waals surface area contributed by atoms with E-state index in [-0.39, 0.29) is 6.42 Å². The van der Waals surface area contributed by atoms with Crippen LogP contribution in [0.5, 0.6) is 0 Å². The van der Waals surface area contributed by atoms with Gasteiger partial charge in [-0.3, -0.25) is 9.35 Å². The van der Waals surface area contributed by atoms with E-state index in [4.69, 9.17) is 9.66 Å². The summed E-state index contributed by atoms with van der Waals surface area (Å²) in [5.41, 5.74) is 0. The molecule has 0 heterocycles. The summed E-state index contributed by atoms with van der Waals surface area (Å²) in [7, 11) is -4.57. The van der Waals surface area contributed by atoms with Crippen molar-refractivity contribution in [3.05, 3.63) is 0 Å². The molecule has 0 amide bonds. The van der Waals surface area contributed by atoms with Crippen LogP contribution in [0.2, 0.25) is 0 Å². The molecule has 0 saturated carbocycles. The van der Waals surface area contributed by atoms with E-state index in [0.717, 1.165) is 26.2 Å². The van der Waals surface area contributed by atoms with Crippen LogP contribution in [0.25, 0.3) is 0 Å². The molecule has 0 aliphatic rings. The van der Waals surface area contributed by atoms with E-state index in [1.165, 1.54) is 25.7 Å². The minimum Gasteiger partial charge on any atom is -0.480 e. The van der Waals surface area contributed by atoms with Crippen LogP contribution in [-0.2, 0) is 14.9 Å². The topological polar surface area (TPSA) is 91.7 Å². The minimum atomic E-state index is -4.57. The average molecular weight is 294 g/mol. The lowest BCUT2D eigenvalue weighted by molar-refractivity contribution is -0.140. The lowest BCUT2D eigenvalue weighted by Gasteiger charge is -2.20. The Morgan fingerprint density at radius 1 is 1.00 bits per heavy atom. The van der Waals surface area contributed by atoms with Crippen LogP contribution in [0.15, 0.2) is 0 Å². The summed E-state index contributed by atoms with van der Waals surface area (Å²) in [5, 5.41) is 8.93. The Kier molecular flexibility index (Phi) is 8.25. The third-order valence-electron chi connectivity index (χ3n) is 3.53. The third kappa shape index (κ3) is 6.38. The first-order valence-electron chi connectivity index (χ1n) is 6.96. The number of carboxylic acids is 1. The number of hydrogen-bond donors (Lipinski definition) is 2. The highest BCUT2D eigenvalue weighted by Gasteiger charge is 2.45. The number of rotatable bonds is 11. The minimum absolute atomic E-state index is 0.0455. The van der Waals surface area contributed by atoms with Gasteiger partial charge in [0, 0.05) is 0 Å². The number of aliphatic carboxylic acids is 1. The van der Waals surface area contributed by atoms with Crippen molar-refractivity contribution in [2.24, 2.45) is 0 Å². The number of unbranched alkanes of at least 4 members (excludes halogenated alkanes) is 7.